The number of ether oxygens (including phenoxy) is 3. The first-order chi connectivity index (χ1) is 12.0. The highest BCUT2D eigenvalue weighted by Crippen LogP contribution is 2.30. The Bertz CT molecular complexity index is 321. The van der Waals surface area contributed by atoms with Gasteiger partial charge in [-0.25, -0.2) is 0 Å². The van der Waals surface area contributed by atoms with Crippen LogP contribution in [0.2, 0.25) is 0 Å². The van der Waals surface area contributed by atoms with Crippen molar-refractivity contribution in [3.63, 3.8) is 0 Å². The van der Waals surface area contributed by atoms with Gasteiger partial charge in [0.25, 0.3) is 0 Å². The summed E-state index contributed by atoms with van der Waals surface area (Å²) in [6, 6.07) is 0. The molecule has 0 spiro atoms. The molecule has 1 heterocycles. The number of aliphatic hydroxyl groups excluding tert-OH is 2. The van der Waals surface area contributed by atoms with Gasteiger partial charge in [-0.2, -0.15) is 0 Å². The minimum atomic E-state index is -0.937. The SMILES string of the molecule is CCCCCCCCCCCCOCC1OC(C)(C)OC1C(O)CO. The fourth-order valence-corrected chi connectivity index (χ4v) is 3.31. The van der Waals surface area contributed by atoms with E-state index in [0.717, 1.165) is 6.42 Å². The van der Waals surface area contributed by atoms with Crippen molar-refractivity contribution in [3.8, 4) is 0 Å². The molecule has 0 amide bonds. The van der Waals surface area contributed by atoms with E-state index in [1.165, 1.54) is 57.8 Å². The number of unbranched alkanes of at least 4 members (excludes halogenated alkanes) is 9. The molecule has 0 aromatic carbocycles. The van der Waals surface area contributed by atoms with E-state index in [1.54, 1.807) is 0 Å². The van der Waals surface area contributed by atoms with Crippen LogP contribution in [0.3, 0.4) is 0 Å². The van der Waals surface area contributed by atoms with Crippen LogP contribution in [0.4, 0.5) is 0 Å². The van der Waals surface area contributed by atoms with Gasteiger partial charge >= 0.3 is 0 Å². The molecular weight excluding hydrogens is 320 g/mol. The molecule has 3 atom stereocenters. The molecule has 0 aliphatic carbocycles. The standard InChI is InChI=1S/C20H40O5/c1-4-5-6-7-8-9-10-11-12-13-14-23-16-18-19(17(22)15-21)25-20(2,3)24-18/h17-19,21-22H,4-16H2,1-3H3. The van der Waals surface area contributed by atoms with Gasteiger partial charge in [-0.3, -0.25) is 0 Å². The van der Waals surface area contributed by atoms with Crippen LogP contribution in [0.25, 0.3) is 0 Å². The van der Waals surface area contributed by atoms with Crippen LogP contribution in [-0.4, -0.2) is 54.1 Å². The van der Waals surface area contributed by atoms with Crippen LogP contribution < -0.4 is 0 Å². The summed E-state index contributed by atoms with van der Waals surface area (Å²) >= 11 is 0. The molecule has 1 rings (SSSR count). The van der Waals surface area contributed by atoms with Crippen LogP contribution in [0.15, 0.2) is 0 Å². The smallest absolute Gasteiger partial charge is 0.164 e. The van der Waals surface area contributed by atoms with Crippen LogP contribution in [0, 0.1) is 0 Å². The summed E-state index contributed by atoms with van der Waals surface area (Å²) in [6.07, 6.45) is 11.2. The molecule has 150 valence electrons. The first-order valence-electron chi connectivity index (χ1n) is 10.2. The Balaban J connectivity index is 2.00. The summed E-state index contributed by atoms with van der Waals surface area (Å²) in [4.78, 5) is 0. The third-order valence-corrected chi connectivity index (χ3v) is 4.71. The third-order valence-electron chi connectivity index (χ3n) is 4.71. The molecule has 0 aromatic rings. The van der Waals surface area contributed by atoms with Gasteiger partial charge in [0, 0.05) is 6.61 Å². The van der Waals surface area contributed by atoms with E-state index in [-0.39, 0.29) is 12.7 Å². The number of aliphatic hydroxyl groups is 2. The van der Waals surface area contributed by atoms with E-state index in [0.29, 0.717) is 13.2 Å². The van der Waals surface area contributed by atoms with Crippen molar-refractivity contribution in [1.82, 2.24) is 0 Å². The summed E-state index contributed by atoms with van der Waals surface area (Å²) in [6.45, 7) is 6.64. The minimum Gasteiger partial charge on any atom is -0.394 e. The quantitative estimate of drug-likeness (QED) is 0.435. The Kier molecular flexibility index (Phi) is 11.9. The zero-order valence-corrected chi connectivity index (χ0v) is 16.5. The molecule has 0 radical (unpaired) electrons. The third kappa shape index (κ3) is 9.90. The molecular formula is C20H40O5. The Hall–Kier alpha value is -0.200. The highest BCUT2D eigenvalue weighted by atomic mass is 16.8. The molecule has 3 unspecified atom stereocenters. The van der Waals surface area contributed by atoms with Crippen molar-refractivity contribution >= 4 is 0 Å². The first kappa shape index (κ1) is 22.8. The fraction of sp³-hybridized carbons (Fsp3) is 1.00. The minimum absolute atomic E-state index is 0.333. The lowest BCUT2D eigenvalue weighted by Gasteiger charge is -2.20. The zero-order valence-electron chi connectivity index (χ0n) is 16.5. The summed E-state index contributed by atoms with van der Waals surface area (Å²) in [5.74, 6) is -0.744. The Labute approximate surface area is 154 Å². The monoisotopic (exact) mass is 360 g/mol. The van der Waals surface area contributed by atoms with Gasteiger partial charge in [-0.1, -0.05) is 64.7 Å². The number of hydrogen-bond acceptors (Lipinski definition) is 5. The second kappa shape index (κ2) is 13.0. The second-order valence-corrected chi connectivity index (χ2v) is 7.65. The van der Waals surface area contributed by atoms with E-state index in [2.05, 4.69) is 6.92 Å². The maximum atomic E-state index is 9.84. The summed E-state index contributed by atoms with van der Waals surface area (Å²) < 4.78 is 17.1. The van der Waals surface area contributed by atoms with Gasteiger partial charge < -0.3 is 24.4 Å². The molecule has 0 bridgehead atoms. The average molecular weight is 361 g/mol. The average Bonchev–Trinajstić information content (AvgIpc) is 2.90. The molecule has 0 saturated carbocycles. The van der Waals surface area contributed by atoms with Gasteiger partial charge in [-0.15, -0.1) is 0 Å². The highest BCUT2D eigenvalue weighted by molar-refractivity contribution is 4.86. The van der Waals surface area contributed by atoms with E-state index in [4.69, 9.17) is 19.3 Å². The molecule has 25 heavy (non-hydrogen) atoms. The van der Waals surface area contributed by atoms with Gasteiger partial charge in [0.15, 0.2) is 5.79 Å². The van der Waals surface area contributed by atoms with Crippen LogP contribution in [-0.2, 0) is 14.2 Å². The number of hydrogen-bond donors (Lipinski definition) is 2. The van der Waals surface area contributed by atoms with Crippen LogP contribution in [0.1, 0.15) is 85.0 Å². The van der Waals surface area contributed by atoms with E-state index < -0.39 is 18.0 Å². The molecule has 2 N–H and O–H groups in total. The zero-order chi connectivity index (χ0) is 18.5. The Morgan fingerprint density at radius 3 is 2.04 bits per heavy atom. The lowest BCUT2D eigenvalue weighted by atomic mass is 10.1. The summed E-state index contributed by atoms with van der Waals surface area (Å²) in [5, 5.41) is 19.0. The van der Waals surface area contributed by atoms with E-state index >= 15 is 0 Å². The highest BCUT2D eigenvalue weighted by Gasteiger charge is 2.44. The van der Waals surface area contributed by atoms with Crippen molar-refractivity contribution in [2.24, 2.45) is 0 Å². The van der Waals surface area contributed by atoms with Gasteiger partial charge in [0.2, 0.25) is 0 Å². The first-order valence-corrected chi connectivity index (χ1v) is 10.2. The normalized spacial score (nSPS) is 23.9. The predicted molar refractivity (Wildman–Crippen MR) is 99.6 cm³/mol. The fourth-order valence-electron chi connectivity index (χ4n) is 3.31. The topological polar surface area (TPSA) is 68.2 Å². The van der Waals surface area contributed by atoms with Crippen LogP contribution >= 0.6 is 0 Å². The van der Waals surface area contributed by atoms with Crippen molar-refractivity contribution in [1.29, 1.82) is 0 Å². The van der Waals surface area contributed by atoms with Crippen molar-refractivity contribution < 1.29 is 24.4 Å². The van der Waals surface area contributed by atoms with Gasteiger partial charge in [0.1, 0.15) is 18.3 Å². The van der Waals surface area contributed by atoms with Gasteiger partial charge in [0.05, 0.1) is 13.2 Å². The largest absolute Gasteiger partial charge is 0.394 e. The molecule has 5 heteroatoms. The van der Waals surface area contributed by atoms with E-state index in [1.807, 2.05) is 13.8 Å². The van der Waals surface area contributed by atoms with Crippen molar-refractivity contribution in [2.45, 2.75) is 109 Å². The van der Waals surface area contributed by atoms with Crippen LogP contribution in [0.5, 0.6) is 0 Å². The molecule has 1 aliphatic rings. The van der Waals surface area contributed by atoms with Crippen molar-refractivity contribution in [2.75, 3.05) is 19.8 Å². The Morgan fingerprint density at radius 2 is 1.48 bits per heavy atom. The summed E-state index contributed by atoms with van der Waals surface area (Å²) in [7, 11) is 0. The summed E-state index contributed by atoms with van der Waals surface area (Å²) in [5.41, 5.74) is 0. The molecule has 1 fully saturated rings. The predicted octanol–water partition coefficient (Wildman–Crippen LogP) is 3.80. The lowest BCUT2D eigenvalue weighted by molar-refractivity contribution is -0.159. The van der Waals surface area contributed by atoms with Crippen molar-refractivity contribution in [3.05, 3.63) is 0 Å². The Morgan fingerprint density at radius 1 is 0.920 bits per heavy atom. The lowest BCUT2D eigenvalue weighted by Crippen LogP contribution is -2.40. The number of rotatable bonds is 15. The van der Waals surface area contributed by atoms with Gasteiger partial charge in [-0.05, 0) is 20.3 Å². The molecule has 0 aromatic heterocycles. The second-order valence-electron chi connectivity index (χ2n) is 7.65. The maximum Gasteiger partial charge on any atom is 0.164 e. The maximum absolute atomic E-state index is 9.84. The molecule has 5 nitrogen and oxygen atoms in total. The molecule has 1 aliphatic heterocycles. The molecule has 1 saturated heterocycles. The van der Waals surface area contributed by atoms with E-state index in [9.17, 15) is 5.11 Å².